The summed E-state index contributed by atoms with van der Waals surface area (Å²) >= 11 is 5.73. The maximum Gasteiger partial charge on any atom is 0.417 e. The fourth-order valence-electron chi connectivity index (χ4n) is 3.80. The predicted octanol–water partition coefficient (Wildman–Crippen LogP) is 5.41. The van der Waals surface area contributed by atoms with Crippen LogP contribution in [0.25, 0.3) is 27.6 Å². The van der Waals surface area contributed by atoms with Gasteiger partial charge in [-0.1, -0.05) is 28.9 Å². The van der Waals surface area contributed by atoms with Crippen molar-refractivity contribution in [1.29, 1.82) is 0 Å². The van der Waals surface area contributed by atoms with Crippen molar-refractivity contribution in [3.8, 4) is 5.69 Å². The van der Waals surface area contributed by atoms with Crippen LogP contribution in [0, 0.1) is 0 Å². The summed E-state index contributed by atoms with van der Waals surface area (Å²) in [6, 6.07) is 14.0. The van der Waals surface area contributed by atoms with Crippen LogP contribution in [0.4, 0.5) is 13.2 Å². The first kappa shape index (κ1) is 21.1. The minimum atomic E-state index is -4.65. The van der Waals surface area contributed by atoms with Gasteiger partial charge in [0.15, 0.2) is 5.52 Å². The zero-order valence-electron chi connectivity index (χ0n) is 17.1. The molecule has 0 N–H and O–H groups in total. The zero-order chi connectivity index (χ0) is 23.3. The van der Waals surface area contributed by atoms with Crippen molar-refractivity contribution >= 4 is 33.5 Å². The lowest BCUT2D eigenvalue weighted by Gasteiger charge is -2.15. The first-order valence-electron chi connectivity index (χ1n) is 9.92. The summed E-state index contributed by atoms with van der Waals surface area (Å²) in [4.78, 5) is 17.6. The lowest BCUT2D eigenvalue weighted by atomic mass is 10.1. The van der Waals surface area contributed by atoms with E-state index in [9.17, 15) is 18.0 Å². The molecule has 3 heterocycles. The molecule has 5 aromatic rings. The molecule has 0 aliphatic rings. The van der Waals surface area contributed by atoms with Crippen molar-refractivity contribution in [2.45, 2.75) is 19.1 Å². The fourth-order valence-corrected chi connectivity index (χ4v) is 4.03. The van der Waals surface area contributed by atoms with Gasteiger partial charge < -0.3 is 0 Å². The number of hydrogen-bond donors (Lipinski definition) is 0. The van der Waals surface area contributed by atoms with E-state index >= 15 is 0 Å². The molecule has 0 saturated carbocycles. The van der Waals surface area contributed by atoms with Gasteiger partial charge in [0.25, 0.3) is 5.56 Å². The predicted molar refractivity (Wildman–Crippen MR) is 119 cm³/mol. The van der Waals surface area contributed by atoms with Crippen LogP contribution in [0.15, 0.2) is 71.8 Å². The van der Waals surface area contributed by atoms with E-state index in [1.807, 2.05) is 37.3 Å². The minimum absolute atomic E-state index is 0.0378. The van der Waals surface area contributed by atoms with Crippen molar-refractivity contribution in [2.24, 2.45) is 0 Å². The molecule has 2 aromatic carbocycles. The zero-order valence-corrected chi connectivity index (χ0v) is 17.8. The highest BCUT2D eigenvalue weighted by atomic mass is 35.5. The number of nitrogens with zero attached hydrogens (tertiary/aromatic N) is 5. The number of fused-ring (bicyclic) bond motifs is 2. The Labute approximate surface area is 189 Å². The Morgan fingerprint density at radius 1 is 1.03 bits per heavy atom. The number of rotatable bonds is 3. The summed E-state index contributed by atoms with van der Waals surface area (Å²) in [5, 5.41) is 8.73. The highest BCUT2D eigenvalue weighted by Crippen LogP contribution is 2.35. The average molecular weight is 470 g/mol. The minimum Gasteiger partial charge on any atom is -0.282 e. The Morgan fingerprint density at radius 3 is 2.64 bits per heavy atom. The summed E-state index contributed by atoms with van der Waals surface area (Å²) in [6.07, 6.45) is -1.57. The third-order valence-electron chi connectivity index (χ3n) is 5.53. The Bertz CT molecular complexity index is 1570. The second-order valence-electron chi connectivity index (χ2n) is 7.55. The second-order valence-corrected chi connectivity index (χ2v) is 7.96. The van der Waals surface area contributed by atoms with Gasteiger partial charge in [-0.05, 0) is 55.0 Å². The van der Waals surface area contributed by atoms with Crippen LogP contribution in [-0.4, -0.2) is 24.5 Å². The summed E-state index contributed by atoms with van der Waals surface area (Å²) < 4.78 is 42.6. The Balaban J connectivity index is 1.64. The number of benzene rings is 2. The number of pyridine rings is 2. The summed E-state index contributed by atoms with van der Waals surface area (Å²) in [7, 11) is 0. The molecule has 1 atom stereocenters. The standard InChI is InChI=1S/C23H15ClF3N5O/c1-13(14-4-7-19-15(11-14)3-2-9-28-19)32-21-20(29-30-32)8-10-31(22(21)33)16-5-6-18(24)17(12-16)23(25,26)27/h2-13H,1H3/t13-/m0/s1. The molecular weight excluding hydrogens is 455 g/mol. The number of aromatic nitrogens is 5. The number of hydrogen-bond acceptors (Lipinski definition) is 4. The van der Waals surface area contributed by atoms with Crippen LogP contribution >= 0.6 is 11.6 Å². The van der Waals surface area contributed by atoms with E-state index in [1.165, 1.54) is 16.9 Å². The Kier molecular flexibility index (Phi) is 4.93. The van der Waals surface area contributed by atoms with Crippen molar-refractivity contribution in [3.63, 3.8) is 0 Å². The smallest absolute Gasteiger partial charge is 0.282 e. The lowest BCUT2D eigenvalue weighted by Crippen LogP contribution is -2.22. The Hall–Kier alpha value is -3.72. The molecule has 166 valence electrons. The molecule has 0 bridgehead atoms. The van der Waals surface area contributed by atoms with E-state index in [4.69, 9.17) is 11.6 Å². The number of halogens is 4. The molecule has 0 amide bonds. The van der Waals surface area contributed by atoms with Crippen LogP contribution < -0.4 is 5.56 Å². The topological polar surface area (TPSA) is 65.6 Å². The van der Waals surface area contributed by atoms with Crippen molar-refractivity contribution in [2.75, 3.05) is 0 Å². The lowest BCUT2D eigenvalue weighted by molar-refractivity contribution is -0.137. The van der Waals surface area contributed by atoms with Gasteiger partial charge in [-0.3, -0.25) is 14.3 Å². The first-order valence-corrected chi connectivity index (χ1v) is 10.3. The van der Waals surface area contributed by atoms with Gasteiger partial charge in [0.2, 0.25) is 0 Å². The summed E-state index contributed by atoms with van der Waals surface area (Å²) in [6.45, 7) is 1.87. The van der Waals surface area contributed by atoms with Crippen LogP contribution in [0.2, 0.25) is 5.02 Å². The van der Waals surface area contributed by atoms with E-state index in [2.05, 4.69) is 15.3 Å². The fraction of sp³-hybridized carbons (Fsp3) is 0.130. The van der Waals surface area contributed by atoms with Gasteiger partial charge in [-0.2, -0.15) is 13.2 Å². The van der Waals surface area contributed by atoms with Crippen molar-refractivity contribution < 1.29 is 13.2 Å². The van der Waals surface area contributed by atoms with Crippen LogP contribution in [0.3, 0.4) is 0 Å². The molecule has 0 unspecified atom stereocenters. The van der Waals surface area contributed by atoms with E-state index in [0.29, 0.717) is 5.52 Å². The molecule has 6 nitrogen and oxygen atoms in total. The highest BCUT2D eigenvalue weighted by Gasteiger charge is 2.33. The van der Waals surface area contributed by atoms with E-state index in [0.717, 1.165) is 33.2 Å². The molecule has 10 heteroatoms. The maximum atomic E-state index is 13.3. The summed E-state index contributed by atoms with van der Waals surface area (Å²) in [5.74, 6) is 0. The quantitative estimate of drug-likeness (QED) is 0.354. The molecule has 33 heavy (non-hydrogen) atoms. The second kappa shape index (κ2) is 7.70. The molecule has 0 aliphatic carbocycles. The average Bonchev–Trinajstić information content (AvgIpc) is 3.23. The van der Waals surface area contributed by atoms with Crippen molar-refractivity contribution in [1.82, 2.24) is 24.5 Å². The van der Waals surface area contributed by atoms with Gasteiger partial charge in [0, 0.05) is 23.5 Å². The third-order valence-corrected chi connectivity index (χ3v) is 5.86. The van der Waals surface area contributed by atoms with Gasteiger partial charge in [0.1, 0.15) is 5.52 Å². The van der Waals surface area contributed by atoms with Gasteiger partial charge >= 0.3 is 6.18 Å². The molecule has 5 rings (SSSR count). The normalized spacial score (nSPS) is 13.0. The molecular formula is C23H15ClF3N5O. The first-order chi connectivity index (χ1) is 15.7. The van der Waals surface area contributed by atoms with E-state index in [1.54, 1.807) is 12.3 Å². The molecule has 0 aliphatic heterocycles. The van der Waals surface area contributed by atoms with Gasteiger partial charge in [-0.15, -0.1) is 5.10 Å². The van der Waals surface area contributed by atoms with Crippen LogP contribution in [0.5, 0.6) is 0 Å². The monoisotopic (exact) mass is 469 g/mol. The SMILES string of the molecule is C[C@@H](c1ccc2ncccc2c1)n1nnc2ccn(-c3ccc(Cl)c(C(F)(F)F)c3)c(=O)c21. The Morgan fingerprint density at radius 2 is 1.85 bits per heavy atom. The van der Waals surface area contributed by atoms with Gasteiger partial charge in [-0.25, -0.2) is 4.68 Å². The van der Waals surface area contributed by atoms with Crippen LogP contribution in [0.1, 0.15) is 24.1 Å². The largest absolute Gasteiger partial charge is 0.417 e. The van der Waals surface area contributed by atoms with E-state index < -0.39 is 22.3 Å². The van der Waals surface area contributed by atoms with Crippen LogP contribution in [-0.2, 0) is 6.18 Å². The van der Waals surface area contributed by atoms with E-state index in [-0.39, 0.29) is 17.2 Å². The molecule has 0 radical (unpaired) electrons. The maximum absolute atomic E-state index is 13.3. The molecule has 3 aromatic heterocycles. The van der Waals surface area contributed by atoms with Gasteiger partial charge in [0.05, 0.1) is 22.1 Å². The highest BCUT2D eigenvalue weighted by molar-refractivity contribution is 6.31. The third kappa shape index (κ3) is 3.64. The summed E-state index contributed by atoms with van der Waals surface area (Å²) in [5.41, 5.74) is 0.720. The molecule has 0 saturated heterocycles. The molecule has 0 spiro atoms. The molecule has 0 fully saturated rings. The number of alkyl halides is 3. The van der Waals surface area contributed by atoms with Crippen molar-refractivity contribution in [3.05, 3.63) is 93.5 Å².